The highest BCUT2D eigenvalue weighted by atomic mass is 16.5. The molecule has 2 N–H and O–H groups in total. The first-order valence-electron chi connectivity index (χ1n) is 7.77. The second kappa shape index (κ2) is 9.30. The predicted molar refractivity (Wildman–Crippen MR) is 86.5 cm³/mol. The first kappa shape index (κ1) is 18.3. The molecule has 0 saturated heterocycles. The number of benzene rings is 1. The highest BCUT2D eigenvalue weighted by Gasteiger charge is 2.16. The van der Waals surface area contributed by atoms with E-state index in [4.69, 9.17) is 9.47 Å². The maximum atomic E-state index is 11.2. The van der Waals surface area contributed by atoms with Gasteiger partial charge in [0.05, 0.1) is 13.2 Å². The van der Waals surface area contributed by atoms with Crippen LogP contribution in [0.1, 0.15) is 45.6 Å². The van der Waals surface area contributed by atoms with E-state index in [1.807, 2.05) is 32.0 Å². The standard InChI is InChI=1S/C17H27NO4/c1-5-6-7-14(17(19)20)18-11-13-8-9-15(22-12(2)3)16(10-13)21-4/h8-10,12,14,18H,5-7,11H2,1-4H3,(H,19,20)/t14-/m0/s1. The van der Waals surface area contributed by atoms with Crippen molar-refractivity contribution in [3.63, 3.8) is 0 Å². The Morgan fingerprint density at radius 1 is 1.32 bits per heavy atom. The first-order valence-corrected chi connectivity index (χ1v) is 7.77. The van der Waals surface area contributed by atoms with Crippen LogP contribution in [0.15, 0.2) is 18.2 Å². The molecule has 0 saturated carbocycles. The van der Waals surface area contributed by atoms with Crippen LogP contribution in [0, 0.1) is 0 Å². The predicted octanol–water partition coefficient (Wildman–Crippen LogP) is 3.22. The molecule has 0 unspecified atom stereocenters. The Hall–Kier alpha value is -1.75. The smallest absolute Gasteiger partial charge is 0.320 e. The van der Waals surface area contributed by atoms with E-state index in [-0.39, 0.29) is 6.10 Å². The van der Waals surface area contributed by atoms with Gasteiger partial charge in [-0.05, 0) is 38.0 Å². The van der Waals surface area contributed by atoms with E-state index in [0.717, 1.165) is 18.4 Å². The molecule has 1 aromatic carbocycles. The number of hydrogen-bond acceptors (Lipinski definition) is 4. The van der Waals surface area contributed by atoms with Crippen LogP contribution in [0.5, 0.6) is 11.5 Å². The minimum Gasteiger partial charge on any atom is -0.493 e. The molecule has 22 heavy (non-hydrogen) atoms. The largest absolute Gasteiger partial charge is 0.493 e. The number of ether oxygens (including phenoxy) is 2. The number of aliphatic carboxylic acids is 1. The first-order chi connectivity index (χ1) is 10.5. The summed E-state index contributed by atoms with van der Waals surface area (Å²) in [6.45, 7) is 6.45. The van der Waals surface area contributed by atoms with E-state index in [0.29, 0.717) is 24.5 Å². The summed E-state index contributed by atoms with van der Waals surface area (Å²) in [4.78, 5) is 11.2. The summed E-state index contributed by atoms with van der Waals surface area (Å²) < 4.78 is 11.0. The lowest BCUT2D eigenvalue weighted by molar-refractivity contribution is -0.139. The SMILES string of the molecule is CCCC[C@H](NCc1ccc(OC(C)C)c(OC)c1)C(=O)O. The molecule has 0 amide bonds. The molecular weight excluding hydrogens is 282 g/mol. The molecule has 1 aromatic rings. The second-order valence-electron chi connectivity index (χ2n) is 5.57. The number of rotatable bonds is 10. The van der Waals surface area contributed by atoms with Crippen LogP contribution in [0.2, 0.25) is 0 Å². The van der Waals surface area contributed by atoms with Gasteiger partial charge in [0, 0.05) is 6.54 Å². The molecule has 0 aromatic heterocycles. The number of carboxylic acids is 1. The third-order valence-corrected chi connectivity index (χ3v) is 3.29. The minimum absolute atomic E-state index is 0.0725. The number of unbranched alkanes of at least 4 members (excludes halogenated alkanes) is 1. The van der Waals surface area contributed by atoms with E-state index >= 15 is 0 Å². The van der Waals surface area contributed by atoms with Gasteiger partial charge in [-0.15, -0.1) is 0 Å². The van der Waals surface area contributed by atoms with E-state index in [1.165, 1.54) is 0 Å². The lowest BCUT2D eigenvalue weighted by Crippen LogP contribution is -2.36. The summed E-state index contributed by atoms with van der Waals surface area (Å²) in [5.74, 6) is 0.552. The molecule has 0 aliphatic heterocycles. The minimum atomic E-state index is -0.805. The van der Waals surface area contributed by atoms with Gasteiger partial charge >= 0.3 is 5.97 Å². The monoisotopic (exact) mass is 309 g/mol. The van der Waals surface area contributed by atoms with Crippen LogP contribution in [0.25, 0.3) is 0 Å². The van der Waals surface area contributed by atoms with E-state index in [1.54, 1.807) is 7.11 Å². The second-order valence-corrected chi connectivity index (χ2v) is 5.57. The lowest BCUT2D eigenvalue weighted by Gasteiger charge is -2.16. The number of carboxylic acid groups (broad SMARTS) is 1. The average molecular weight is 309 g/mol. The highest BCUT2D eigenvalue weighted by molar-refractivity contribution is 5.73. The number of carbonyl (C=O) groups is 1. The van der Waals surface area contributed by atoms with Gasteiger partial charge in [-0.3, -0.25) is 4.79 Å². The third kappa shape index (κ3) is 5.93. The molecule has 0 heterocycles. The van der Waals surface area contributed by atoms with Crippen LogP contribution in [0.3, 0.4) is 0 Å². The topological polar surface area (TPSA) is 67.8 Å². The van der Waals surface area contributed by atoms with Gasteiger partial charge in [0.2, 0.25) is 0 Å². The molecule has 0 aliphatic carbocycles. The van der Waals surface area contributed by atoms with Crippen LogP contribution in [0.4, 0.5) is 0 Å². The Balaban J connectivity index is 2.70. The Kier molecular flexibility index (Phi) is 7.74. The summed E-state index contributed by atoms with van der Waals surface area (Å²) in [7, 11) is 1.60. The summed E-state index contributed by atoms with van der Waals surface area (Å²) >= 11 is 0. The molecule has 0 aliphatic rings. The fourth-order valence-electron chi connectivity index (χ4n) is 2.14. The normalized spacial score (nSPS) is 12.2. The van der Waals surface area contributed by atoms with E-state index < -0.39 is 12.0 Å². The molecule has 0 radical (unpaired) electrons. The molecule has 0 bridgehead atoms. The molecule has 0 fully saturated rings. The number of hydrogen-bond donors (Lipinski definition) is 2. The Bertz CT molecular complexity index is 474. The zero-order valence-corrected chi connectivity index (χ0v) is 13.9. The molecule has 1 atom stereocenters. The van der Waals surface area contributed by atoms with Crippen molar-refractivity contribution in [1.29, 1.82) is 0 Å². The molecule has 0 spiro atoms. The Morgan fingerprint density at radius 3 is 2.59 bits per heavy atom. The van der Waals surface area contributed by atoms with Crippen molar-refractivity contribution in [1.82, 2.24) is 5.32 Å². The van der Waals surface area contributed by atoms with Crippen molar-refractivity contribution < 1.29 is 19.4 Å². The maximum Gasteiger partial charge on any atom is 0.320 e. The fraction of sp³-hybridized carbons (Fsp3) is 0.588. The summed E-state index contributed by atoms with van der Waals surface area (Å²) in [5, 5.41) is 12.3. The molecule has 1 rings (SSSR count). The molecule has 5 nitrogen and oxygen atoms in total. The van der Waals surface area contributed by atoms with Gasteiger partial charge in [-0.1, -0.05) is 25.8 Å². The van der Waals surface area contributed by atoms with Gasteiger partial charge in [0.1, 0.15) is 6.04 Å². The van der Waals surface area contributed by atoms with Crippen molar-refractivity contribution in [2.45, 2.75) is 58.7 Å². The van der Waals surface area contributed by atoms with Crippen molar-refractivity contribution in [2.24, 2.45) is 0 Å². The number of methoxy groups -OCH3 is 1. The molecule has 5 heteroatoms. The van der Waals surface area contributed by atoms with Crippen LogP contribution in [-0.4, -0.2) is 30.3 Å². The quantitative estimate of drug-likeness (QED) is 0.694. The third-order valence-electron chi connectivity index (χ3n) is 3.29. The zero-order valence-electron chi connectivity index (χ0n) is 13.9. The maximum absolute atomic E-state index is 11.2. The van der Waals surface area contributed by atoms with Crippen LogP contribution < -0.4 is 14.8 Å². The fourth-order valence-corrected chi connectivity index (χ4v) is 2.14. The Labute approximate surface area is 132 Å². The lowest BCUT2D eigenvalue weighted by atomic mass is 10.1. The Morgan fingerprint density at radius 2 is 2.05 bits per heavy atom. The van der Waals surface area contributed by atoms with Gasteiger partial charge in [0.25, 0.3) is 0 Å². The summed E-state index contributed by atoms with van der Waals surface area (Å²) in [6.07, 6.45) is 2.59. The van der Waals surface area contributed by atoms with Gasteiger partial charge in [-0.25, -0.2) is 0 Å². The summed E-state index contributed by atoms with van der Waals surface area (Å²) in [6, 6.07) is 5.14. The average Bonchev–Trinajstić information content (AvgIpc) is 2.47. The number of nitrogens with one attached hydrogen (secondary N) is 1. The van der Waals surface area contributed by atoms with Crippen molar-refractivity contribution in [3.8, 4) is 11.5 Å². The van der Waals surface area contributed by atoms with E-state index in [2.05, 4.69) is 12.2 Å². The van der Waals surface area contributed by atoms with Gasteiger partial charge in [0.15, 0.2) is 11.5 Å². The summed E-state index contributed by atoms with van der Waals surface area (Å²) in [5.41, 5.74) is 0.968. The van der Waals surface area contributed by atoms with Crippen molar-refractivity contribution in [2.75, 3.05) is 7.11 Å². The van der Waals surface area contributed by atoms with Crippen molar-refractivity contribution in [3.05, 3.63) is 23.8 Å². The van der Waals surface area contributed by atoms with E-state index in [9.17, 15) is 9.90 Å². The van der Waals surface area contributed by atoms with Crippen LogP contribution in [-0.2, 0) is 11.3 Å². The van der Waals surface area contributed by atoms with Gasteiger partial charge in [-0.2, -0.15) is 0 Å². The molecule has 124 valence electrons. The van der Waals surface area contributed by atoms with Gasteiger partial charge < -0.3 is 19.9 Å². The van der Waals surface area contributed by atoms with Crippen LogP contribution >= 0.6 is 0 Å². The highest BCUT2D eigenvalue weighted by Crippen LogP contribution is 2.29. The molecular formula is C17H27NO4. The van der Waals surface area contributed by atoms with Crippen molar-refractivity contribution >= 4 is 5.97 Å². The zero-order chi connectivity index (χ0) is 16.5.